The van der Waals surface area contributed by atoms with Crippen LogP contribution in [-0.2, 0) is 15.0 Å². The SMILES string of the molecule is O=C1CC(CS(=O)(=O)F)CN1c1cnccn1. The summed E-state index contributed by atoms with van der Waals surface area (Å²) in [5.41, 5.74) is 0. The van der Waals surface area contributed by atoms with Crippen molar-refractivity contribution in [2.24, 2.45) is 5.92 Å². The number of rotatable bonds is 3. The fourth-order valence-corrected chi connectivity index (χ4v) is 2.61. The van der Waals surface area contributed by atoms with E-state index in [0.29, 0.717) is 5.82 Å². The third-order valence-electron chi connectivity index (χ3n) is 2.47. The number of carbonyl (C=O) groups excluding carboxylic acids is 1. The van der Waals surface area contributed by atoms with Crippen LogP contribution in [0.3, 0.4) is 0 Å². The normalized spacial score (nSPS) is 20.9. The molecular weight excluding hydrogens is 249 g/mol. The van der Waals surface area contributed by atoms with E-state index in [-0.39, 0.29) is 18.9 Å². The van der Waals surface area contributed by atoms with Gasteiger partial charge in [-0.3, -0.25) is 14.7 Å². The van der Waals surface area contributed by atoms with E-state index in [0.717, 1.165) is 0 Å². The highest BCUT2D eigenvalue weighted by atomic mass is 32.3. The monoisotopic (exact) mass is 259 g/mol. The molecule has 1 amide bonds. The van der Waals surface area contributed by atoms with E-state index >= 15 is 0 Å². The lowest BCUT2D eigenvalue weighted by Gasteiger charge is -2.14. The number of anilines is 1. The second-order valence-electron chi connectivity index (χ2n) is 3.84. The molecule has 17 heavy (non-hydrogen) atoms. The Bertz CT molecular complexity index is 520. The maximum Gasteiger partial charge on any atom is 0.302 e. The Morgan fingerprint density at radius 2 is 2.24 bits per heavy atom. The van der Waals surface area contributed by atoms with Crippen molar-refractivity contribution in [2.45, 2.75) is 6.42 Å². The van der Waals surface area contributed by atoms with Gasteiger partial charge in [-0.25, -0.2) is 4.98 Å². The van der Waals surface area contributed by atoms with Crippen molar-refractivity contribution in [1.82, 2.24) is 9.97 Å². The second kappa shape index (κ2) is 4.36. The standard InChI is InChI=1S/C9H10FN3O3S/c10-17(15,16)6-7-3-9(14)13(5-7)8-4-11-1-2-12-8/h1-2,4,7H,3,5-6H2. The summed E-state index contributed by atoms with van der Waals surface area (Å²) in [6.45, 7) is 0.153. The molecule has 1 unspecified atom stereocenters. The van der Waals surface area contributed by atoms with Gasteiger partial charge in [-0.15, -0.1) is 3.89 Å². The Kier molecular flexibility index (Phi) is 3.05. The van der Waals surface area contributed by atoms with Crippen molar-refractivity contribution in [3.05, 3.63) is 18.6 Å². The van der Waals surface area contributed by atoms with Gasteiger partial charge in [0.05, 0.1) is 11.9 Å². The van der Waals surface area contributed by atoms with E-state index in [9.17, 15) is 17.1 Å². The van der Waals surface area contributed by atoms with Crippen molar-refractivity contribution in [3.63, 3.8) is 0 Å². The summed E-state index contributed by atoms with van der Waals surface area (Å²) in [7, 11) is -4.55. The highest BCUT2D eigenvalue weighted by molar-refractivity contribution is 7.86. The molecule has 0 saturated carbocycles. The Labute approximate surface area is 97.7 Å². The molecule has 2 rings (SSSR count). The van der Waals surface area contributed by atoms with Crippen LogP contribution in [0.1, 0.15) is 6.42 Å². The van der Waals surface area contributed by atoms with E-state index in [2.05, 4.69) is 9.97 Å². The third kappa shape index (κ3) is 2.96. The number of hydrogen-bond acceptors (Lipinski definition) is 5. The topological polar surface area (TPSA) is 80.2 Å². The van der Waals surface area contributed by atoms with E-state index < -0.39 is 21.9 Å². The average molecular weight is 259 g/mol. The van der Waals surface area contributed by atoms with E-state index in [1.165, 1.54) is 23.5 Å². The quantitative estimate of drug-likeness (QED) is 0.721. The first kappa shape index (κ1) is 11.9. The first-order chi connectivity index (χ1) is 7.96. The molecule has 0 radical (unpaired) electrons. The molecule has 1 atom stereocenters. The molecule has 1 aromatic heterocycles. The molecule has 8 heteroatoms. The number of amides is 1. The summed E-state index contributed by atoms with van der Waals surface area (Å²) in [4.78, 5) is 20.7. The minimum absolute atomic E-state index is 0.0136. The number of halogens is 1. The van der Waals surface area contributed by atoms with Crippen LogP contribution >= 0.6 is 0 Å². The van der Waals surface area contributed by atoms with Gasteiger partial charge < -0.3 is 0 Å². The number of aromatic nitrogens is 2. The number of hydrogen-bond donors (Lipinski definition) is 0. The lowest BCUT2D eigenvalue weighted by molar-refractivity contribution is -0.117. The first-order valence-corrected chi connectivity index (χ1v) is 6.50. The van der Waals surface area contributed by atoms with Crippen molar-refractivity contribution < 1.29 is 17.1 Å². The van der Waals surface area contributed by atoms with Crippen molar-refractivity contribution in [2.75, 3.05) is 17.2 Å². The Morgan fingerprint density at radius 1 is 1.47 bits per heavy atom. The van der Waals surface area contributed by atoms with E-state index in [1.807, 2.05) is 0 Å². The molecule has 1 aliphatic heterocycles. The van der Waals surface area contributed by atoms with Crippen molar-refractivity contribution >= 4 is 21.9 Å². The van der Waals surface area contributed by atoms with Gasteiger partial charge in [0.15, 0.2) is 5.82 Å². The van der Waals surface area contributed by atoms with Crippen LogP contribution in [0.25, 0.3) is 0 Å². The molecule has 92 valence electrons. The first-order valence-electron chi connectivity index (χ1n) is 4.94. The molecular formula is C9H10FN3O3S. The van der Waals surface area contributed by atoms with Gasteiger partial charge >= 0.3 is 10.2 Å². The average Bonchev–Trinajstić information content (AvgIpc) is 2.58. The lowest BCUT2D eigenvalue weighted by atomic mass is 10.1. The molecule has 0 N–H and O–H groups in total. The highest BCUT2D eigenvalue weighted by Gasteiger charge is 2.34. The van der Waals surface area contributed by atoms with Gasteiger partial charge in [-0.05, 0) is 0 Å². The van der Waals surface area contributed by atoms with Crippen molar-refractivity contribution in [1.29, 1.82) is 0 Å². The third-order valence-corrected chi connectivity index (χ3v) is 3.34. The fraction of sp³-hybridized carbons (Fsp3) is 0.444. The minimum Gasteiger partial charge on any atom is -0.295 e. The summed E-state index contributed by atoms with van der Waals surface area (Å²) in [6.07, 6.45) is 4.32. The van der Waals surface area contributed by atoms with Crippen LogP contribution in [0.4, 0.5) is 9.70 Å². The largest absolute Gasteiger partial charge is 0.302 e. The molecule has 2 heterocycles. The molecule has 6 nitrogen and oxygen atoms in total. The molecule has 0 bridgehead atoms. The zero-order chi connectivity index (χ0) is 12.5. The molecule has 1 fully saturated rings. The van der Waals surface area contributed by atoms with Crippen LogP contribution in [0.15, 0.2) is 18.6 Å². The number of carbonyl (C=O) groups is 1. The summed E-state index contributed by atoms with van der Waals surface area (Å²) in [5.74, 6) is -1.06. The molecule has 0 spiro atoms. The fourth-order valence-electron chi connectivity index (χ4n) is 1.83. The Hall–Kier alpha value is -1.57. The highest BCUT2D eigenvalue weighted by Crippen LogP contribution is 2.23. The predicted octanol–water partition coefficient (Wildman–Crippen LogP) is 0.129. The van der Waals surface area contributed by atoms with Crippen LogP contribution in [-0.4, -0.2) is 36.6 Å². The van der Waals surface area contributed by atoms with Crippen LogP contribution < -0.4 is 4.90 Å². The maximum absolute atomic E-state index is 12.5. The van der Waals surface area contributed by atoms with Gasteiger partial charge in [0.1, 0.15) is 0 Å². The van der Waals surface area contributed by atoms with Gasteiger partial charge in [-0.2, -0.15) is 8.42 Å². The van der Waals surface area contributed by atoms with Gasteiger partial charge in [0.25, 0.3) is 0 Å². The summed E-state index contributed by atoms with van der Waals surface area (Å²) < 4.78 is 33.5. The zero-order valence-electron chi connectivity index (χ0n) is 8.78. The summed E-state index contributed by atoms with van der Waals surface area (Å²) >= 11 is 0. The molecule has 0 aromatic carbocycles. The molecule has 1 saturated heterocycles. The van der Waals surface area contributed by atoms with E-state index in [1.54, 1.807) is 0 Å². The van der Waals surface area contributed by atoms with Crippen LogP contribution in [0, 0.1) is 5.92 Å². The Morgan fingerprint density at radius 3 is 2.82 bits per heavy atom. The van der Waals surface area contributed by atoms with Gasteiger partial charge in [0.2, 0.25) is 5.91 Å². The zero-order valence-corrected chi connectivity index (χ0v) is 9.60. The predicted molar refractivity (Wildman–Crippen MR) is 57.4 cm³/mol. The molecule has 0 aliphatic carbocycles. The molecule has 1 aromatic rings. The second-order valence-corrected chi connectivity index (χ2v) is 5.25. The molecule has 1 aliphatic rings. The number of nitrogens with zero attached hydrogens (tertiary/aromatic N) is 3. The summed E-state index contributed by atoms with van der Waals surface area (Å²) in [5, 5.41) is 0. The smallest absolute Gasteiger partial charge is 0.295 e. The van der Waals surface area contributed by atoms with Gasteiger partial charge in [-0.1, -0.05) is 0 Å². The lowest BCUT2D eigenvalue weighted by Crippen LogP contribution is -2.26. The minimum atomic E-state index is -4.55. The van der Waals surface area contributed by atoms with Crippen molar-refractivity contribution in [3.8, 4) is 0 Å². The Balaban J connectivity index is 2.11. The summed E-state index contributed by atoms with van der Waals surface area (Å²) in [6, 6.07) is 0. The van der Waals surface area contributed by atoms with E-state index in [4.69, 9.17) is 0 Å². The van der Waals surface area contributed by atoms with Gasteiger partial charge in [0, 0.05) is 31.3 Å². The maximum atomic E-state index is 12.5. The van der Waals surface area contributed by atoms with Crippen LogP contribution in [0.2, 0.25) is 0 Å². The van der Waals surface area contributed by atoms with Crippen LogP contribution in [0.5, 0.6) is 0 Å².